The molecule has 33 heavy (non-hydrogen) atoms. The summed E-state index contributed by atoms with van der Waals surface area (Å²) in [6.45, 7) is -0.437. The highest BCUT2D eigenvalue weighted by Crippen LogP contribution is 2.33. The van der Waals surface area contributed by atoms with E-state index in [2.05, 4.69) is 15.8 Å². The average Bonchev–Trinajstić information content (AvgIpc) is 2.80. The average molecular weight is 473 g/mol. The summed E-state index contributed by atoms with van der Waals surface area (Å²) in [4.78, 5) is 29.6. The van der Waals surface area contributed by atoms with Gasteiger partial charge in [0.1, 0.15) is 0 Å². The molecule has 1 heterocycles. The van der Waals surface area contributed by atoms with Crippen molar-refractivity contribution in [1.29, 1.82) is 0 Å². The van der Waals surface area contributed by atoms with Crippen LogP contribution in [0, 0.1) is 0 Å². The molecule has 0 saturated carbocycles. The van der Waals surface area contributed by atoms with Crippen LogP contribution in [0.1, 0.15) is 10.4 Å². The van der Waals surface area contributed by atoms with E-state index in [1.165, 1.54) is 21.3 Å². The fourth-order valence-electron chi connectivity index (χ4n) is 3.06. The minimum absolute atomic E-state index is 0.280. The molecule has 0 atom stereocenters. The van der Waals surface area contributed by atoms with Crippen molar-refractivity contribution in [1.82, 2.24) is 20.1 Å². The van der Waals surface area contributed by atoms with Gasteiger partial charge in [0.05, 0.1) is 43.8 Å². The fraction of sp³-hybridized carbons (Fsp3) is 0.227. The number of nitrogens with one attached hydrogen (secondary N) is 2. The maximum atomic E-state index is 12.9. The van der Waals surface area contributed by atoms with Gasteiger partial charge in [-0.1, -0.05) is 18.2 Å². The second kappa shape index (κ2) is 9.84. The number of likely N-dealkylation sites (N-methyl/N-ethyl adjacent to an activating group) is 1. The number of para-hydroxylation sites is 1. The molecule has 0 radical (unpaired) electrons. The molecule has 0 bridgehead atoms. The first-order chi connectivity index (χ1) is 15.6. The van der Waals surface area contributed by atoms with Crippen LogP contribution in [0.4, 0.5) is 0 Å². The minimum atomic E-state index is -3.53. The summed E-state index contributed by atoms with van der Waals surface area (Å²) in [5.74, 6) is -0.194. The number of ether oxygens (including phenoxy) is 2. The molecular formula is C22H24N4O6S. The van der Waals surface area contributed by atoms with E-state index < -0.39 is 28.4 Å². The third kappa shape index (κ3) is 5.57. The molecule has 2 amide bonds. The van der Waals surface area contributed by atoms with Crippen molar-refractivity contribution in [2.45, 2.75) is 0 Å². The monoisotopic (exact) mass is 472 g/mol. The van der Waals surface area contributed by atoms with Crippen LogP contribution in [0.3, 0.4) is 0 Å². The van der Waals surface area contributed by atoms with E-state index in [9.17, 15) is 18.0 Å². The standard InChI is InChI=1S/C22H24N4O6S/c1-26(33(4,29)30)13-21(27)24-25-22(28)16-12-18(23-17-8-6-5-7-15(16)17)14-9-10-19(31-2)20(11-14)32-3/h5-12H,13H2,1-4H3,(H,24,27)(H,25,28). The first-order valence-electron chi connectivity index (χ1n) is 9.76. The summed E-state index contributed by atoms with van der Waals surface area (Å²) >= 11 is 0. The van der Waals surface area contributed by atoms with Gasteiger partial charge in [-0.15, -0.1) is 0 Å². The molecule has 11 heteroatoms. The molecule has 0 aliphatic carbocycles. The lowest BCUT2D eigenvalue weighted by Crippen LogP contribution is -2.46. The number of sulfonamides is 1. The molecule has 0 aliphatic rings. The molecule has 1 aromatic heterocycles. The van der Waals surface area contributed by atoms with Crippen molar-refractivity contribution in [3.05, 3.63) is 54.1 Å². The van der Waals surface area contributed by atoms with Crippen LogP contribution in [0.2, 0.25) is 0 Å². The van der Waals surface area contributed by atoms with Gasteiger partial charge in [0.15, 0.2) is 11.5 Å². The zero-order valence-electron chi connectivity index (χ0n) is 18.6. The van der Waals surface area contributed by atoms with Gasteiger partial charge in [-0.2, -0.15) is 4.31 Å². The maximum Gasteiger partial charge on any atom is 0.270 e. The van der Waals surface area contributed by atoms with Gasteiger partial charge in [-0.25, -0.2) is 13.4 Å². The van der Waals surface area contributed by atoms with Crippen molar-refractivity contribution < 1.29 is 27.5 Å². The van der Waals surface area contributed by atoms with Crippen LogP contribution in [-0.2, 0) is 14.8 Å². The highest BCUT2D eigenvalue weighted by molar-refractivity contribution is 7.88. The number of pyridine rings is 1. The van der Waals surface area contributed by atoms with E-state index in [1.807, 2.05) is 0 Å². The molecule has 0 fully saturated rings. The van der Waals surface area contributed by atoms with Crippen LogP contribution in [0.25, 0.3) is 22.2 Å². The SMILES string of the molecule is COc1ccc(-c2cc(C(=O)NNC(=O)CN(C)S(C)(=O)=O)c3ccccc3n2)cc1OC. The largest absolute Gasteiger partial charge is 0.493 e. The first kappa shape index (κ1) is 24.0. The number of carbonyl (C=O) groups is 2. The number of aromatic nitrogens is 1. The predicted molar refractivity (Wildman–Crippen MR) is 123 cm³/mol. The molecular weight excluding hydrogens is 448 g/mol. The summed E-state index contributed by atoms with van der Waals surface area (Å²) in [5, 5.41) is 0.585. The number of hydrogen-bond donors (Lipinski definition) is 2. The Hall–Kier alpha value is -3.70. The molecule has 0 spiro atoms. The Kier molecular flexibility index (Phi) is 7.14. The second-order valence-electron chi connectivity index (χ2n) is 7.16. The van der Waals surface area contributed by atoms with Gasteiger partial charge in [0.25, 0.3) is 11.8 Å². The highest BCUT2D eigenvalue weighted by atomic mass is 32.2. The maximum absolute atomic E-state index is 12.9. The molecule has 10 nitrogen and oxygen atoms in total. The van der Waals surface area contributed by atoms with E-state index in [4.69, 9.17) is 9.47 Å². The number of hydrogen-bond acceptors (Lipinski definition) is 7. The summed E-state index contributed by atoms with van der Waals surface area (Å²) in [7, 11) is 0.798. The lowest BCUT2D eigenvalue weighted by Gasteiger charge is -2.15. The highest BCUT2D eigenvalue weighted by Gasteiger charge is 2.18. The summed E-state index contributed by atoms with van der Waals surface area (Å²) in [6.07, 6.45) is 0.984. The van der Waals surface area contributed by atoms with E-state index in [1.54, 1.807) is 48.5 Å². The van der Waals surface area contributed by atoms with Crippen molar-refractivity contribution in [3.8, 4) is 22.8 Å². The zero-order chi connectivity index (χ0) is 24.2. The van der Waals surface area contributed by atoms with Crippen molar-refractivity contribution in [2.24, 2.45) is 0 Å². The number of methoxy groups -OCH3 is 2. The summed E-state index contributed by atoms with van der Waals surface area (Å²) in [5.41, 5.74) is 6.65. The third-order valence-corrected chi connectivity index (χ3v) is 6.15. The Morgan fingerprint density at radius 2 is 1.70 bits per heavy atom. The van der Waals surface area contributed by atoms with Crippen LogP contribution < -0.4 is 20.3 Å². The fourth-order valence-corrected chi connectivity index (χ4v) is 3.41. The van der Waals surface area contributed by atoms with Gasteiger partial charge >= 0.3 is 0 Å². The number of fused-ring (bicyclic) bond motifs is 1. The quantitative estimate of drug-likeness (QED) is 0.500. The Morgan fingerprint density at radius 3 is 2.36 bits per heavy atom. The normalized spacial score (nSPS) is 11.3. The number of amides is 2. The Labute approximate surface area is 191 Å². The molecule has 2 aromatic carbocycles. The number of benzene rings is 2. The number of rotatable bonds is 7. The van der Waals surface area contributed by atoms with Crippen molar-refractivity contribution in [2.75, 3.05) is 34.1 Å². The molecule has 0 unspecified atom stereocenters. The first-order valence-corrected chi connectivity index (χ1v) is 11.6. The van der Waals surface area contributed by atoms with Gasteiger partial charge in [-0.05, 0) is 30.3 Å². The van der Waals surface area contributed by atoms with Crippen LogP contribution in [0.15, 0.2) is 48.5 Å². The lowest BCUT2D eigenvalue weighted by atomic mass is 10.0. The van der Waals surface area contributed by atoms with Gasteiger partial charge in [-0.3, -0.25) is 20.4 Å². The van der Waals surface area contributed by atoms with E-state index in [-0.39, 0.29) is 5.56 Å². The second-order valence-corrected chi connectivity index (χ2v) is 9.25. The zero-order valence-corrected chi connectivity index (χ0v) is 19.4. The van der Waals surface area contributed by atoms with E-state index in [0.29, 0.717) is 33.7 Å². The molecule has 2 N–H and O–H groups in total. The smallest absolute Gasteiger partial charge is 0.270 e. The van der Waals surface area contributed by atoms with Gasteiger partial charge in [0, 0.05) is 18.0 Å². The van der Waals surface area contributed by atoms with Gasteiger partial charge in [0.2, 0.25) is 10.0 Å². The van der Waals surface area contributed by atoms with E-state index >= 15 is 0 Å². The van der Waals surface area contributed by atoms with Crippen molar-refractivity contribution in [3.63, 3.8) is 0 Å². The molecule has 3 rings (SSSR count). The molecule has 3 aromatic rings. The van der Waals surface area contributed by atoms with Crippen molar-refractivity contribution >= 4 is 32.7 Å². The van der Waals surface area contributed by atoms with Crippen LogP contribution in [-0.4, -0.2) is 63.6 Å². The Bertz CT molecular complexity index is 1310. The minimum Gasteiger partial charge on any atom is -0.493 e. The van der Waals surface area contributed by atoms with Crippen LogP contribution >= 0.6 is 0 Å². The summed E-state index contributed by atoms with van der Waals surface area (Å²) in [6, 6.07) is 14.0. The third-order valence-electron chi connectivity index (χ3n) is 4.89. The number of hydrazine groups is 1. The lowest BCUT2D eigenvalue weighted by molar-refractivity contribution is -0.121. The Balaban J connectivity index is 1.91. The van der Waals surface area contributed by atoms with Gasteiger partial charge < -0.3 is 9.47 Å². The number of carbonyl (C=O) groups excluding carboxylic acids is 2. The molecule has 174 valence electrons. The molecule has 0 saturated heterocycles. The topological polar surface area (TPSA) is 127 Å². The predicted octanol–water partition coefficient (Wildman–Crippen LogP) is 1.57. The molecule has 0 aliphatic heterocycles. The van der Waals surface area contributed by atoms with E-state index in [0.717, 1.165) is 10.6 Å². The van der Waals surface area contributed by atoms with Crippen LogP contribution in [0.5, 0.6) is 11.5 Å². The Morgan fingerprint density at radius 1 is 1.00 bits per heavy atom. The summed E-state index contributed by atoms with van der Waals surface area (Å²) < 4.78 is 34.4. The number of nitrogens with zero attached hydrogens (tertiary/aromatic N) is 2.